The van der Waals surface area contributed by atoms with E-state index in [-0.39, 0.29) is 28.1 Å². The lowest BCUT2D eigenvalue weighted by molar-refractivity contribution is 0.136. The Morgan fingerprint density at radius 1 is 1.38 bits per heavy atom. The number of allylic oxidation sites excluding steroid dienone is 4. The zero-order valence-corrected chi connectivity index (χ0v) is 18.7. The first-order valence-corrected chi connectivity index (χ1v) is 11.2. The van der Waals surface area contributed by atoms with Crippen molar-refractivity contribution in [1.82, 2.24) is 4.31 Å². The Balaban J connectivity index is 1.72. The van der Waals surface area contributed by atoms with E-state index in [0.717, 1.165) is 22.9 Å². The summed E-state index contributed by atoms with van der Waals surface area (Å²) in [5.74, 6) is -0.709. The first-order chi connectivity index (χ1) is 13.8. The SMILES string of the molecule is C/C(=C(F)\C=C(\Br)CF)S(=O)N1CCC(N2C(=O)OCc3cccc(C)c32)CC1. The van der Waals surface area contributed by atoms with Gasteiger partial charge in [-0.1, -0.05) is 34.1 Å². The number of cyclic esters (lactones) is 1. The van der Waals surface area contributed by atoms with E-state index in [0.29, 0.717) is 25.9 Å². The number of carbonyl (C=O) groups is 1. The van der Waals surface area contributed by atoms with Crippen LogP contribution in [0.1, 0.15) is 30.9 Å². The third kappa shape index (κ3) is 4.78. The molecule has 1 aromatic carbocycles. The minimum atomic E-state index is -1.66. The highest BCUT2D eigenvalue weighted by atomic mass is 79.9. The maximum Gasteiger partial charge on any atom is 0.414 e. The molecule has 0 spiro atoms. The molecule has 0 bridgehead atoms. The fourth-order valence-electron chi connectivity index (χ4n) is 3.63. The molecule has 2 aliphatic heterocycles. The molecule has 9 heteroatoms. The molecule has 0 aromatic heterocycles. The van der Waals surface area contributed by atoms with Gasteiger partial charge in [-0.25, -0.2) is 22.1 Å². The fraction of sp³-hybridized carbons (Fsp3) is 0.450. The van der Waals surface area contributed by atoms with Gasteiger partial charge in [-0.2, -0.15) is 0 Å². The van der Waals surface area contributed by atoms with Gasteiger partial charge < -0.3 is 4.74 Å². The molecule has 2 heterocycles. The van der Waals surface area contributed by atoms with Gasteiger partial charge in [-0.15, -0.1) is 0 Å². The Hall–Kier alpha value is -1.58. The van der Waals surface area contributed by atoms with Crippen LogP contribution in [0.4, 0.5) is 19.3 Å². The predicted molar refractivity (Wildman–Crippen MR) is 113 cm³/mol. The van der Waals surface area contributed by atoms with Crippen LogP contribution in [-0.4, -0.2) is 40.4 Å². The molecule has 5 nitrogen and oxygen atoms in total. The minimum Gasteiger partial charge on any atom is -0.444 e. The number of alkyl halides is 1. The van der Waals surface area contributed by atoms with E-state index in [1.165, 1.54) is 6.92 Å². The summed E-state index contributed by atoms with van der Waals surface area (Å²) in [7, 11) is -1.66. The normalized spacial score (nSPS) is 20.8. The molecule has 1 aromatic rings. The van der Waals surface area contributed by atoms with E-state index >= 15 is 0 Å². The van der Waals surface area contributed by atoms with Gasteiger partial charge in [0.2, 0.25) is 0 Å². The first-order valence-electron chi connectivity index (χ1n) is 9.33. The Morgan fingerprint density at radius 3 is 2.72 bits per heavy atom. The fourth-order valence-corrected chi connectivity index (χ4v) is 4.99. The number of para-hydroxylation sites is 1. The highest BCUT2D eigenvalue weighted by molar-refractivity contribution is 9.11. The Kier molecular flexibility index (Phi) is 7.23. The van der Waals surface area contributed by atoms with Crippen molar-refractivity contribution >= 4 is 38.7 Å². The van der Waals surface area contributed by atoms with E-state index in [1.807, 2.05) is 25.1 Å². The van der Waals surface area contributed by atoms with Gasteiger partial charge in [0.1, 0.15) is 30.1 Å². The standard InChI is InChI=1S/C20H23BrF2N2O3S/c1-13-4-3-5-15-12-28-20(26)25(19(13)15)17-6-8-24(9-7-17)29(27)14(2)18(23)10-16(21)11-22/h3-5,10,17H,6-9,11-12H2,1-2H3/b16-10+,18-14-. The summed E-state index contributed by atoms with van der Waals surface area (Å²) in [5, 5.41) is 0. The lowest BCUT2D eigenvalue weighted by Crippen LogP contribution is -2.50. The van der Waals surface area contributed by atoms with E-state index in [1.54, 1.807) is 9.21 Å². The number of anilines is 1. The second kappa shape index (κ2) is 9.49. The summed E-state index contributed by atoms with van der Waals surface area (Å²) in [6.07, 6.45) is 1.82. The second-order valence-electron chi connectivity index (χ2n) is 7.05. The number of hydrogen-bond donors (Lipinski definition) is 0. The number of carbonyl (C=O) groups excluding carboxylic acids is 1. The van der Waals surface area contributed by atoms with Crippen LogP contribution in [0.5, 0.6) is 0 Å². The van der Waals surface area contributed by atoms with Crippen molar-refractivity contribution in [2.75, 3.05) is 24.7 Å². The molecule has 0 saturated carbocycles. The number of halogens is 3. The molecule has 158 valence electrons. The molecule has 1 unspecified atom stereocenters. The maximum absolute atomic E-state index is 14.2. The zero-order valence-electron chi connectivity index (χ0n) is 16.3. The Labute approximate surface area is 180 Å². The minimum absolute atomic E-state index is 0.0485. The van der Waals surface area contributed by atoms with Crippen molar-refractivity contribution < 1.29 is 22.5 Å². The number of ether oxygens (including phenoxy) is 1. The number of aryl methyl sites for hydroxylation is 1. The largest absolute Gasteiger partial charge is 0.444 e. The lowest BCUT2D eigenvalue weighted by Gasteiger charge is -2.40. The van der Waals surface area contributed by atoms with E-state index in [2.05, 4.69) is 15.9 Å². The monoisotopic (exact) mass is 488 g/mol. The average molecular weight is 489 g/mol. The van der Waals surface area contributed by atoms with Gasteiger partial charge >= 0.3 is 6.09 Å². The van der Waals surface area contributed by atoms with Gasteiger partial charge in [0.05, 0.1) is 10.6 Å². The van der Waals surface area contributed by atoms with Gasteiger partial charge in [0, 0.05) is 29.2 Å². The molecule has 3 rings (SSSR count). The summed E-state index contributed by atoms with van der Waals surface area (Å²) in [5.41, 5.74) is 2.88. The van der Waals surface area contributed by atoms with Crippen LogP contribution in [0.15, 0.2) is 39.5 Å². The zero-order chi connectivity index (χ0) is 21.1. The van der Waals surface area contributed by atoms with Gasteiger partial charge in [-0.3, -0.25) is 4.90 Å². The molecule has 0 radical (unpaired) electrons. The molecule has 1 fully saturated rings. The number of amides is 1. The van der Waals surface area contributed by atoms with Gasteiger partial charge in [-0.05, 0) is 38.3 Å². The van der Waals surface area contributed by atoms with Crippen LogP contribution >= 0.6 is 15.9 Å². The molecule has 1 atom stereocenters. The highest BCUT2D eigenvalue weighted by Crippen LogP contribution is 2.35. The molecule has 29 heavy (non-hydrogen) atoms. The number of nitrogens with zero attached hydrogens (tertiary/aromatic N) is 2. The molecule has 1 saturated heterocycles. The summed E-state index contributed by atoms with van der Waals surface area (Å²) < 4.78 is 46.5. The average Bonchev–Trinajstić information content (AvgIpc) is 2.73. The number of hydrogen-bond acceptors (Lipinski definition) is 3. The number of benzene rings is 1. The molecular weight excluding hydrogens is 466 g/mol. The van der Waals surface area contributed by atoms with Crippen LogP contribution < -0.4 is 4.90 Å². The van der Waals surface area contributed by atoms with Crippen LogP contribution in [-0.2, 0) is 22.3 Å². The summed E-state index contributed by atoms with van der Waals surface area (Å²) in [6.45, 7) is 3.73. The number of piperidine rings is 1. The van der Waals surface area contributed by atoms with Crippen molar-refractivity contribution in [3.8, 4) is 0 Å². The molecular formula is C20H23BrF2N2O3S. The van der Waals surface area contributed by atoms with Crippen molar-refractivity contribution in [2.45, 2.75) is 39.3 Å². The highest BCUT2D eigenvalue weighted by Gasteiger charge is 2.36. The topological polar surface area (TPSA) is 49.9 Å². The van der Waals surface area contributed by atoms with Gasteiger partial charge in [0.25, 0.3) is 0 Å². The van der Waals surface area contributed by atoms with Crippen molar-refractivity contribution in [1.29, 1.82) is 0 Å². The summed E-state index contributed by atoms with van der Waals surface area (Å²) >= 11 is 2.92. The Bertz CT molecular complexity index is 882. The van der Waals surface area contributed by atoms with Crippen LogP contribution in [0.3, 0.4) is 0 Å². The van der Waals surface area contributed by atoms with E-state index in [4.69, 9.17) is 4.74 Å². The maximum atomic E-state index is 14.2. The lowest BCUT2D eigenvalue weighted by atomic mass is 10.00. The molecule has 2 aliphatic rings. The molecule has 0 N–H and O–H groups in total. The van der Waals surface area contributed by atoms with Crippen LogP contribution in [0.2, 0.25) is 0 Å². The number of fused-ring (bicyclic) bond motifs is 1. The third-order valence-corrected chi connectivity index (χ3v) is 7.14. The molecule has 0 aliphatic carbocycles. The number of rotatable bonds is 5. The van der Waals surface area contributed by atoms with Crippen molar-refractivity contribution in [3.63, 3.8) is 0 Å². The van der Waals surface area contributed by atoms with Gasteiger partial charge in [0.15, 0.2) is 0 Å². The third-order valence-electron chi connectivity index (χ3n) is 5.14. The quantitative estimate of drug-likeness (QED) is 0.546. The van der Waals surface area contributed by atoms with E-state index in [9.17, 15) is 17.8 Å². The molecule has 1 amide bonds. The van der Waals surface area contributed by atoms with E-state index < -0.39 is 23.5 Å². The summed E-state index contributed by atoms with van der Waals surface area (Å²) in [6, 6.07) is 5.78. The predicted octanol–water partition coefficient (Wildman–Crippen LogP) is 5.03. The summed E-state index contributed by atoms with van der Waals surface area (Å²) in [4.78, 5) is 14.2. The van der Waals surface area contributed by atoms with Crippen LogP contribution in [0.25, 0.3) is 0 Å². The van der Waals surface area contributed by atoms with Crippen LogP contribution in [0, 0.1) is 6.92 Å². The smallest absolute Gasteiger partial charge is 0.414 e. The first kappa shape index (κ1) is 22.1. The van der Waals surface area contributed by atoms with Crippen molar-refractivity contribution in [3.05, 3.63) is 50.6 Å². The van der Waals surface area contributed by atoms with Crippen molar-refractivity contribution in [2.24, 2.45) is 0 Å². The Morgan fingerprint density at radius 2 is 2.07 bits per heavy atom. The second-order valence-corrected chi connectivity index (χ2v) is 9.69.